The summed E-state index contributed by atoms with van der Waals surface area (Å²) in [7, 11) is 3.35. The fraction of sp³-hybridized carbons (Fsp3) is 0.769. The van der Waals surface area contributed by atoms with Gasteiger partial charge in [-0.2, -0.15) is 0 Å². The van der Waals surface area contributed by atoms with Gasteiger partial charge in [0.1, 0.15) is 6.54 Å². The summed E-state index contributed by atoms with van der Waals surface area (Å²) in [5.74, 6) is -1.49. The quantitative estimate of drug-likeness (QED) is 0.806. The second kappa shape index (κ2) is 7.12. The highest BCUT2D eigenvalue weighted by molar-refractivity contribution is 5.84. The fourth-order valence-electron chi connectivity index (χ4n) is 2.40. The standard InChI is InChI=1S/C13H23N3O4/c1-4-15(9-11(17)18)12(19)10-6-5-7-16(8-10)13(20)14(2)3/h10H,4-9H2,1-3H3,(H,17,18). The van der Waals surface area contributed by atoms with E-state index in [-0.39, 0.29) is 24.4 Å². The van der Waals surface area contributed by atoms with Crippen LogP contribution in [-0.2, 0) is 9.59 Å². The molecule has 114 valence electrons. The number of carboxylic acid groups (broad SMARTS) is 1. The van der Waals surface area contributed by atoms with Crippen molar-refractivity contribution in [3.63, 3.8) is 0 Å². The summed E-state index contributed by atoms with van der Waals surface area (Å²) in [4.78, 5) is 39.5. The molecule has 0 saturated carbocycles. The Labute approximate surface area is 119 Å². The van der Waals surface area contributed by atoms with Crippen molar-refractivity contribution in [1.82, 2.24) is 14.7 Å². The third-order valence-electron chi connectivity index (χ3n) is 3.44. The van der Waals surface area contributed by atoms with E-state index < -0.39 is 5.97 Å². The summed E-state index contributed by atoms with van der Waals surface area (Å²) in [6.07, 6.45) is 1.47. The number of rotatable bonds is 4. The number of urea groups is 1. The van der Waals surface area contributed by atoms with Crippen molar-refractivity contribution in [1.29, 1.82) is 0 Å². The van der Waals surface area contributed by atoms with E-state index in [0.29, 0.717) is 26.1 Å². The van der Waals surface area contributed by atoms with E-state index in [1.54, 1.807) is 25.9 Å². The molecular formula is C13H23N3O4. The summed E-state index contributed by atoms with van der Waals surface area (Å²) in [5, 5.41) is 8.81. The minimum atomic E-state index is -1.02. The monoisotopic (exact) mass is 285 g/mol. The van der Waals surface area contributed by atoms with Gasteiger partial charge in [0, 0.05) is 33.7 Å². The number of likely N-dealkylation sites (N-methyl/N-ethyl adjacent to an activating group) is 1. The summed E-state index contributed by atoms with van der Waals surface area (Å²) >= 11 is 0. The average Bonchev–Trinajstić information content (AvgIpc) is 2.42. The molecule has 0 aromatic carbocycles. The number of nitrogens with zero attached hydrogens (tertiary/aromatic N) is 3. The molecule has 1 N–H and O–H groups in total. The highest BCUT2D eigenvalue weighted by atomic mass is 16.4. The Hall–Kier alpha value is -1.79. The van der Waals surface area contributed by atoms with E-state index in [4.69, 9.17) is 5.11 Å². The van der Waals surface area contributed by atoms with Crippen molar-refractivity contribution < 1.29 is 19.5 Å². The smallest absolute Gasteiger partial charge is 0.323 e. The second-order valence-electron chi connectivity index (χ2n) is 5.21. The van der Waals surface area contributed by atoms with Crippen LogP contribution in [-0.4, -0.2) is 78.0 Å². The zero-order valence-corrected chi connectivity index (χ0v) is 12.3. The molecule has 7 heteroatoms. The lowest BCUT2D eigenvalue weighted by atomic mass is 9.96. The molecule has 20 heavy (non-hydrogen) atoms. The van der Waals surface area contributed by atoms with Gasteiger partial charge in [-0.1, -0.05) is 0 Å². The number of likely N-dealkylation sites (tertiary alicyclic amines) is 1. The van der Waals surface area contributed by atoms with Crippen LogP contribution in [0.5, 0.6) is 0 Å². The zero-order chi connectivity index (χ0) is 15.3. The normalized spacial score (nSPS) is 18.6. The molecule has 0 aromatic heterocycles. The second-order valence-corrected chi connectivity index (χ2v) is 5.21. The number of hydrogen-bond acceptors (Lipinski definition) is 3. The molecule has 1 atom stereocenters. The number of carbonyl (C=O) groups excluding carboxylic acids is 2. The van der Waals surface area contributed by atoms with Crippen LogP contribution in [0.2, 0.25) is 0 Å². The first-order valence-electron chi connectivity index (χ1n) is 6.83. The molecule has 0 radical (unpaired) electrons. The first-order chi connectivity index (χ1) is 9.36. The van der Waals surface area contributed by atoms with Crippen LogP contribution in [0.25, 0.3) is 0 Å². The molecule has 1 fully saturated rings. The van der Waals surface area contributed by atoms with Crippen molar-refractivity contribution in [2.24, 2.45) is 5.92 Å². The van der Waals surface area contributed by atoms with Gasteiger partial charge in [-0.05, 0) is 19.8 Å². The number of piperidine rings is 1. The van der Waals surface area contributed by atoms with Gasteiger partial charge in [0.25, 0.3) is 0 Å². The van der Waals surface area contributed by atoms with E-state index in [1.807, 2.05) is 0 Å². The van der Waals surface area contributed by atoms with Gasteiger partial charge in [-0.3, -0.25) is 9.59 Å². The van der Waals surface area contributed by atoms with Crippen LogP contribution in [0.1, 0.15) is 19.8 Å². The Morgan fingerprint density at radius 2 is 1.95 bits per heavy atom. The Kier molecular flexibility index (Phi) is 5.79. The highest BCUT2D eigenvalue weighted by Gasteiger charge is 2.31. The van der Waals surface area contributed by atoms with Gasteiger partial charge in [0.05, 0.1) is 5.92 Å². The van der Waals surface area contributed by atoms with Crippen LogP contribution in [0.15, 0.2) is 0 Å². The maximum atomic E-state index is 12.3. The Morgan fingerprint density at radius 1 is 1.30 bits per heavy atom. The number of aliphatic carboxylic acids is 1. The minimum Gasteiger partial charge on any atom is -0.480 e. The van der Waals surface area contributed by atoms with Gasteiger partial charge in [0.15, 0.2) is 0 Å². The Morgan fingerprint density at radius 3 is 2.45 bits per heavy atom. The molecule has 1 aliphatic heterocycles. The fourth-order valence-corrected chi connectivity index (χ4v) is 2.40. The molecule has 1 rings (SSSR count). The van der Waals surface area contributed by atoms with Gasteiger partial charge in [-0.15, -0.1) is 0 Å². The maximum absolute atomic E-state index is 12.3. The predicted molar refractivity (Wildman–Crippen MR) is 73.3 cm³/mol. The van der Waals surface area contributed by atoms with Crippen molar-refractivity contribution in [2.75, 3.05) is 40.3 Å². The molecule has 7 nitrogen and oxygen atoms in total. The Bertz CT molecular complexity index is 384. The molecule has 3 amide bonds. The molecule has 0 aromatic rings. The topological polar surface area (TPSA) is 81.2 Å². The summed E-state index contributed by atoms with van der Waals surface area (Å²) < 4.78 is 0. The van der Waals surface area contributed by atoms with E-state index in [1.165, 1.54) is 9.80 Å². The molecule has 0 bridgehead atoms. The van der Waals surface area contributed by atoms with E-state index >= 15 is 0 Å². The molecule has 1 heterocycles. The van der Waals surface area contributed by atoms with Crippen molar-refractivity contribution >= 4 is 17.9 Å². The van der Waals surface area contributed by atoms with Crippen molar-refractivity contribution in [3.8, 4) is 0 Å². The predicted octanol–water partition coefficient (Wildman–Crippen LogP) is 0.313. The lowest BCUT2D eigenvalue weighted by Gasteiger charge is -2.35. The van der Waals surface area contributed by atoms with Crippen LogP contribution >= 0.6 is 0 Å². The molecule has 0 aliphatic carbocycles. The summed E-state index contributed by atoms with van der Waals surface area (Å²) in [6, 6.07) is -0.108. The van der Waals surface area contributed by atoms with Crippen molar-refractivity contribution in [3.05, 3.63) is 0 Å². The Balaban J connectivity index is 2.68. The third kappa shape index (κ3) is 4.11. The lowest BCUT2D eigenvalue weighted by Crippen LogP contribution is -2.50. The number of carbonyl (C=O) groups is 3. The molecule has 1 unspecified atom stereocenters. The first kappa shape index (κ1) is 16.3. The highest BCUT2D eigenvalue weighted by Crippen LogP contribution is 2.19. The van der Waals surface area contributed by atoms with E-state index in [2.05, 4.69) is 0 Å². The molecule has 1 saturated heterocycles. The SMILES string of the molecule is CCN(CC(=O)O)C(=O)C1CCCN(C(=O)N(C)C)C1. The van der Waals surface area contributed by atoms with Gasteiger partial charge in [0.2, 0.25) is 5.91 Å². The number of hydrogen-bond donors (Lipinski definition) is 1. The van der Waals surface area contributed by atoms with Crippen LogP contribution < -0.4 is 0 Å². The van der Waals surface area contributed by atoms with Crippen LogP contribution in [0, 0.1) is 5.92 Å². The molecule has 0 spiro atoms. The average molecular weight is 285 g/mol. The number of carboxylic acids is 1. The van der Waals surface area contributed by atoms with Gasteiger partial charge < -0.3 is 19.8 Å². The zero-order valence-electron chi connectivity index (χ0n) is 12.3. The van der Waals surface area contributed by atoms with Gasteiger partial charge >= 0.3 is 12.0 Å². The minimum absolute atomic E-state index is 0.108. The van der Waals surface area contributed by atoms with Crippen molar-refractivity contribution in [2.45, 2.75) is 19.8 Å². The van der Waals surface area contributed by atoms with E-state index in [0.717, 1.165) is 6.42 Å². The lowest BCUT2D eigenvalue weighted by molar-refractivity contribution is -0.146. The molecule has 1 aliphatic rings. The van der Waals surface area contributed by atoms with Crippen LogP contribution in [0.4, 0.5) is 4.79 Å². The maximum Gasteiger partial charge on any atom is 0.323 e. The third-order valence-corrected chi connectivity index (χ3v) is 3.44. The summed E-state index contributed by atoms with van der Waals surface area (Å²) in [6.45, 7) is 2.85. The van der Waals surface area contributed by atoms with Crippen LogP contribution in [0.3, 0.4) is 0 Å². The first-order valence-corrected chi connectivity index (χ1v) is 6.83. The summed E-state index contributed by atoms with van der Waals surface area (Å²) in [5.41, 5.74) is 0. The van der Waals surface area contributed by atoms with E-state index in [9.17, 15) is 14.4 Å². The largest absolute Gasteiger partial charge is 0.480 e. The molecular weight excluding hydrogens is 262 g/mol. The van der Waals surface area contributed by atoms with Gasteiger partial charge in [-0.25, -0.2) is 4.79 Å². The number of amides is 3.